The fourth-order valence-electron chi connectivity index (χ4n) is 1.27. The van der Waals surface area contributed by atoms with E-state index in [-0.39, 0.29) is 12.4 Å². The number of halogens is 1. The first-order valence-electron chi connectivity index (χ1n) is 4.91. The van der Waals surface area contributed by atoms with Crippen LogP contribution in [-0.4, -0.2) is 4.98 Å². The highest BCUT2D eigenvalue weighted by molar-refractivity contribution is 7.09. The van der Waals surface area contributed by atoms with E-state index in [9.17, 15) is 4.39 Å². The van der Waals surface area contributed by atoms with E-state index >= 15 is 0 Å². The summed E-state index contributed by atoms with van der Waals surface area (Å²) in [6.07, 6.45) is 0. The molecule has 90 valence electrons. The average Bonchev–Trinajstić information content (AvgIpc) is 2.75. The summed E-state index contributed by atoms with van der Waals surface area (Å²) in [5.74, 6) is 5.11. The lowest BCUT2D eigenvalue weighted by molar-refractivity contribution is 0.121. The SMILES string of the molecule is NOCc1csc(COc2cccc(F)c2)n1. The van der Waals surface area contributed by atoms with Gasteiger partial charge in [-0.3, -0.25) is 4.84 Å². The minimum Gasteiger partial charge on any atom is -0.486 e. The van der Waals surface area contributed by atoms with Crippen LogP contribution >= 0.6 is 11.3 Å². The molecule has 17 heavy (non-hydrogen) atoms. The van der Waals surface area contributed by atoms with Crippen LogP contribution in [0.1, 0.15) is 10.7 Å². The maximum absolute atomic E-state index is 12.9. The second kappa shape index (κ2) is 5.72. The first-order valence-corrected chi connectivity index (χ1v) is 5.79. The molecule has 0 amide bonds. The Labute approximate surface area is 102 Å². The van der Waals surface area contributed by atoms with Gasteiger partial charge in [0.05, 0.1) is 5.69 Å². The van der Waals surface area contributed by atoms with Crippen molar-refractivity contribution in [3.05, 3.63) is 46.2 Å². The number of benzene rings is 1. The van der Waals surface area contributed by atoms with Crippen molar-refractivity contribution in [3.8, 4) is 5.75 Å². The Balaban J connectivity index is 1.93. The largest absolute Gasteiger partial charge is 0.486 e. The van der Waals surface area contributed by atoms with Gasteiger partial charge in [0.15, 0.2) is 0 Å². The summed E-state index contributed by atoms with van der Waals surface area (Å²) in [7, 11) is 0. The van der Waals surface area contributed by atoms with Crippen LogP contribution in [0.2, 0.25) is 0 Å². The van der Waals surface area contributed by atoms with E-state index in [1.165, 1.54) is 23.5 Å². The third-order valence-corrected chi connectivity index (χ3v) is 2.86. The summed E-state index contributed by atoms with van der Waals surface area (Å²) in [6.45, 7) is 0.579. The molecule has 4 nitrogen and oxygen atoms in total. The van der Waals surface area contributed by atoms with Gasteiger partial charge in [-0.2, -0.15) is 0 Å². The molecular weight excluding hydrogens is 243 g/mol. The highest BCUT2D eigenvalue weighted by Gasteiger charge is 2.03. The number of rotatable bonds is 5. The van der Waals surface area contributed by atoms with Gasteiger partial charge in [0.25, 0.3) is 0 Å². The van der Waals surface area contributed by atoms with Gasteiger partial charge < -0.3 is 4.74 Å². The molecular formula is C11H11FN2O2S. The van der Waals surface area contributed by atoms with Crippen molar-refractivity contribution in [3.63, 3.8) is 0 Å². The van der Waals surface area contributed by atoms with Gasteiger partial charge in [0.2, 0.25) is 0 Å². The van der Waals surface area contributed by atoms with Crippen LogP contribution in [0.4, 0.5) is 4.39 Å². The fourth-order valence-corrected chi connectivity index (χ4v) is 1.96. The van der Waals surface area contributed by atoms with Gasteiger partial charge in [0.1, 0.15) is 29.8 Å². The lowest BCUT2D eigenvalue weighted by Crippen LogP contribution is -2.00. The zero-order chi connectivity index (χ0) is 12.1. The molecule has 0 aliphatic rings. The van der Waals surface area contributed by atoms with Gasteiger partial charge in [-0.05, 0) is 12.1 Å². The number of nitrogens with zero attached hydrogens (tertiary/aromatic N) is 1. The lowest BCUT2D eigenvalue weighted by atomic mass is 10.3. The normalized spacial score (nSPS) is 10.5. The van der Waals surface area contributed by atoms with E-state index in [1.807, 2.05) is 5.38 Å². The molecule has 0 bridgehead atoms. The molecule has 2 rings (SSSR count). The van der Waals surface area contributed by atoms with Gasteiger partial charge >= 0.3 is 0 Å². The monoisotopic (exact) mass is 254 g/mol. The number of nitrogens with two attached hydrogens (primary N) is 1. The maximum Gasteiger partial charge on any atom is 0.140 e. The van der Waals surface area contributed by atoms with Crippen molar-refractivity contribution >= 4 is 11.3 Å². The zero-order valence-corrected chi connectivity index (χ0v) is 9.74. The quantitative estimate of drug-likeness (QED) is 0.831. The predicted octanol–water partition coefficient (Wildman–Crippen LogP) is 2.25. The third kappa shape index (κ3) is 3.48. The minimum atomic E-state index is -0.321. The number of thiazole rings is 1. The van der Waals surface area contributed by atoms with Crippen molar-refractivity contribution in [2.45, 2.75) is 13.2 Å². The molecule has 0 unspecified atom stereocenters. The van der Waals surface area contributed by atoms with Crippen molar-refractivity contribution in [2.75, 3.05) is 0 Å². The smallest absolute Gasteiger partial charge is 0.140 e. The van der Waals surface area contributed by atoms with Crippen LogP contribution in [0.15, 0.2) is 29.6 Å². The molecule has 0 saturated carbocycles. The third-order valence-electron chi connectivity index (χ3n) is 1.99. The van der Waals surface area contributed by atoms with Crippen LogP contribution in [0, 0.1) is 5.82 Å². The van der Waals surface area contributed by atoms with E-state index in [0.29, 0.717) is 12.4 Å². The Morgan fingerprint density at radius 3 is 3.00 bits per heavy atom. The van der Waals surface area contributed by atoms with Crippen LogP contribution in [0.5, 0.6) is 5.75 Å². The van der Waals surface area contributed by atoms with E-state index < -0.39 is 0 Å². The molecule has 0 atom stereocenters. The van der Waals surface area contributed by atoms with Crippen LogP contribution in [0.3, 0.4) is 0 Å². The van der Waals surface area contributed by atoms with Crippen molar-refractivity contribution in [2.24, 2.45) is 5.90 Å². The Kier molecular flexibility index (Phi) is 4.03. The zero-order valence-electron chi connectivity index (χ0n) is 8.93. The number of hydrogen-bond donors (Lipinski definition) is 1. The van der Waals surface area contributed by atoms with Crippen LogP contribution in [0.25, 0.3) is 0 Å². The highest BCUT2D eigenvalue weighted by atomic mass is 32.1. The van der Waals surface area contributed by atoms with Crippen LogP contribution in [-0.2, 0) is 18.1 Å². The Morgan fingerprint density at radius 1 is 1.35 bits per heavy atom. The first-order chi connectivity index (χ1) is 8.28. The molecule has 6 heteroatoms. The van der Waals surface area contributed by atoms with Gasteiger partial charge in [0, 0.05) is 11.4 Å². The summed E-state index contributed by atoms with van der Waals surface area (Å²) in [4.78, 5) is 8.71. The van der Waals surface area contributed by atoms with E-state index in [1.54, 1.807) is 12.1 Å². The Bertz CT molecular complexity index is 490. The fraction of sp³-hybridized carbons (Fsp3) is 0.182. The lowest BCUT2D eigenvalue weighted by Gasteiger charge is -2.03. The maximum atomic E-state index is 12.9. The second-order valence-electron chi connectivity index (χ2n) is 3.29. The van der Waals surface area contributed by atoms with Crippen molar-refractivity contribution < 1.29 is 14.0 Å². The van der Waals surface area contributed by atoms with E-state index in [4.69, 9.17) is 10.6 Å². The van der Waals surface area contributed by atoms with E-state index in [2.05, 4.69) is 9.82 Å². The second-order valence-corrected chi connectivity index (χ2v) is 4.23. The predicted molar refractivity (Wildman–Crippen MR) is 61.8 cm³/mol. The highest BCUT2D eigenvalue weighted by Crippen LogP contribution is 2.16. The summed E-state index contributed by atoms with van der Waals surface area (Å²) in [6, 6.07) is 5.99. The summed E-state index contributed by atoms with van der Waals surface area (Å²) in [5.41, 5.74) is 0.760. The minimum absolute atomic E-state index is 0.274. The van der Waals surface area contributed by atoms with Gasteiger partial charge in [-0.25, -0.2) is 15.3 Å². The molecule has 1 heterocycles. The molecule has 0 radical (unpaired) electrons. The molecule has 0 aliphatic heterocycles. The molecule has 1 aromatic heterocycles. The number of aromatic nitrogens is 1. The Hall–Kier alpha value is -1.50. The first kappa shape index (κ1) is 12.0. The number of ether oxygens (including phenoxy) is 1. The molecule has 2 aromatic rings. The molecule has 0 saturated heterocycles. The topological polar surface area (TPSA) is 57.4 Å². The van der Waals surface area contributed by atoms with Crippen LogP contribution < -0.4 is 10.6 Å². The van der Waals surface area contributed by atoms with E-state index in [0.717, 1.165) is 10.7 Å². The average molecular weight is 254 g/mol. The van der Waals surface area contributed by atoms with Crippen molar-refractivity contribution in [1.82, 2.24) is 4.98 Å². The number of hydrogen-bond acceptors (Lipinski definition) is 5. The summed E-state index contributed by atoms with van der Waals surface area (Å²) >= 11 is 1.45. The van der Waals surface area contributed by atoms with Gasteiger partial charge in [-0.15, -0.1) is 11.3 Å². The molecule has 1 aromatic carbocycles. The standard InChI is InChI=1S/C11H11FN2O2S/c12-8-2-1-3-10(4-8)15-6-11-14-9(5-16-13)7-17-11/h1-4,7H,5-6,13H2. The van der Waals surface area contributed by atoms with Gasteiger partial charge in [-0.1, -0.05) is 6.07 Å². The summed E-state index contributed by atoms with van der Waals surface area (Å²) in [5, 5.41) is 2.64. The van der Waals surface area contributed by atoms with Crippen molar-refractivity contribution in [1.29, 1.82) is 0 Å². The molecule has 0 spiro atoms. The molecule has 2 N–H and O–H groups in total. The molecule has 0 fully saturated rings. The summed E-state index contributed by atoms with van der Waals surface area (Å²) < 4.78 is 18.3. The molecule has 0 aliphatic carbocycles. The Morgan fingerprint density at radius 2 is 2.24 bits per heavy atom.